The lowest BCUT2D eigenvalue weighted by atomic mass is 10.1. The molecular formula is C44H42N8O20S8. The monoisotopic (exact) mass is 1260 g/mol. The lowest BCUT2D eigenvalue weighted by Gasteiger charge is -2.09. The Hall–Kier alpha value is -6.32. The first-order valence-corrected chi connectivity index (χ1v) is 36.2. The first-order chi connectivity index (χ1) is 37.1. The maximum absolute atomic E-state index is 14.2. The SMILES string of the molecule is O=S(=O)(O)CCCS(=O)(=O)c1ccc2c(c1)-c1nc-2nc2[nH]c(nc3nc(nc4[nH]c(n1)c1cccc(S(=O)(=O)CCCS(=O)(=O)O)c41)-c1cccc(S(=O)(=O)CCCS(=O)(=O)O)c1-3)c1ccc(S(=O)(=O)CCCS(=O)(=O)O)cc21. The van der Waals surface area contributed by atoms with E-state index < -0.39 is 161 Å². The third kappa shape index (κ3) is 12.7. The van der Waals surface area contributed by atoms with E-state index in [2.05, 4.69) is 19.9 Å². The summed E-state index contributed by atoms with van der Waals surface area (Å²) in [6.45, 7) is 0. The molecule has 0 atom stereocenters. The predicted octanol–water partition coefficient (Wildman–Crippen LogP) is 3.08. The van der Waals surface area contributed by atoms with E-state index in [9.17, 15) is 85.6 Å². The standard InChI is InChI=1S/C44H42N8O20S8/c53-73(54,15-3-19-77(61,62)63)25-11-13-27-31(23-25)42-46-37(27)45-41-32-24-26(74(55,56)16-4-20-78(64,65)66)12-14-28(32)38(47-41)49-43-36-30(8-2-10-34(36)76(59,60)18-6-22-80(70,71)72)40(51-43)52-44-35-29(39(48-42)50-44)7-1-9-33(35)75(57,58)17-5-21-79(67,68)69/h1-2,7-14,23-24H,3-6,15-22H2,(H,61,62,63)(H,64,65,66)(H,67,68,69)(H,70,71,72)(H2,45,46,47,48,49,50,51,52). The zero-order valence-corrected chi connectivity index (χ0v) is 47.2. The van der Waals surface area contributed by atoms with Crippen LogP contribution in [0.2, 0.25) is 0 Å². The van der Waals surface area contributed by atoms with Crippen LogP contribution in [0.25, 0.3) is 89.7 Å². The molecule has 9 rings (SSSR count). The van der Waals surface area contributed by atoms with Crippen LogP contribution < -0.4 is 0 Å². The van der Waals surface area contributed by atoms with Crippen LogP contribution in [0.15, 0.2) is 92.4 Å². The molecule has 0 saturated carbocycles. The van der Waals surface area contributed by atoms with E-state index >= 15 is 0 Å². The Morgan fingerprint density at radius 3 is 1.32 bits per heavy atom. The van der Waals surface area contributed by atoms with Crippen LogP contribution in [-0.2, 0) is 79.8 Å². The molecule has 36 heteroatoms. The van der Waals surface area contributed by atoms with Crippen molar-refractivity contribution in [2.75, 3.05) is 46.0 Å². The highest BCUT2D eigenvalue weighted by Crippen LogP contribution is 2.42. The fraction of sp³-hybridized carbons (Fsp3) is 0.273. The summed E-state index contributed by atoms with van der Waals surface area (Å²) in [6.07, 6.45) is -2.14. The number of aromatic nitrogens is 8. The zero-order chi connectivity index (χ0) is 58.2. The lowest BCUT2D eigenvalue weighted by molar-refractivity contribution is 0.479. The molecule has 2 aliphatic heterocycles. The Bertz CT molecular complexity index is 4920. The number of nitrogens with zero attached hydrogens (tertiary/aromatic N) is 6. The number of benzene rings is 4. The first-order valence-electron chi connectivity index (χ1n) is 23.2. The van der Waals surface area contributed by atoms with Crippen LogP contribution >= 0.6 is 0 Å². The van der Waals surface area contributed by atoms with E-state index in [4.69, 9.17) is 19.9 Å². The van der Waals surface area contributed by atoms with Crippen molar-refractivity contribution < 1.29 is 85.6 Å². The molecule has 80 heavy (non-hydrogen) atoms. The molecule has 0 amide bonds. The Morgan fingerprint density at radius 2 is 0.750 bits per heavy atom. The average Bonchev–Trinajstić information content (AvgIpc) is 4.19. The van der Waals surface area contributed by atoms with E-state index in [0.717, 1.165) is 24.3 Å². The molecule has 4 aromatic carbocycles. The molecular weight excluding hydrogens is 1220 g/mol. The fourth-order valence-corrected chi connectivity index (χ4v) is 17.4. The molecule has 0 aliphatic carbocycles. The molecule has 2 aliphatic rings. The maximum Gasteiger partial charge on any atom is 0.264 e. The number of H-pyrrole nitrogens is 2. The van der Waals surface area contributed by atoms with E-state index in [1.54, 1.807) is 0 Å². The minimum absolute atomic E-state index is 0.000308. The van der Waals surface area contributed by atoms with E-state index in [0.29, 0.717) is 0 Å². The molecule has 0 radical (unpaired) electrons. The van der Waals surface area contributed by atoms with Crippen LogP contribution in [-0.4, -0.2) is 171 Å². The summed E-state index contributed by atoms with van der Waals surface area (Å²) in [5.41, 5.74) is -1.08. The van der Waals surface area contributed by atoms with Gasteiger partial charge in [-0.2, -0.15) is 33.7 Å². The summed E-state index contributed by atoms with van der Waals surface area (Å²) in [4.78, 5) is 32.5. The van der Waals surface area contributed by atoms with Crippen molar-refractivity contribution in [1.29, 1.82) is 0 Å². The Kier molecular flexibility index (Phi) is 15.2. The molecule has 6 N–H and O–H groups in total. The van der Waals surface area contributed by atoms with E-state index in [-0.39, 0.29) is 99.5 Å². The molecule has 3 aromatic heterocycles. The van der Waals surface area contributed by atoms with Gasteiger partial charge in [0.05, 0.1) is 65.6 Å². The maximum atomic E-state index is 14.2. The Balaban J connectivity index is 1.39. The van der Waals surface area contributed by atoms with Crippen molar-refractivity contribution >= 4 is 124 Å². The van der Waals surface area contributed by atoms with Gasteiger partial charge >= 0.3 is 0 Å². The van der Waals surface area contributed by atoms with Crippen LogP contribution in [0.5, 0.6) is 0 Å². The van der Waals surface area contributed by atoms with Crippen molar-refractivity contribution in [2.24, 2.45) is 0 Å². The van der Waals surface area contributed by atoms with Crippen LogP contribution in [0.1, 0.15) is 25.7 Å². The summed E-state index contributed by atoms with van der Waals surface area (Å²) in [5.74, 6) is -8.00. The summed E-state index contributed by atoms with van der Waals surface area (Å²) in [7, 11) is -36.0. The van der Waals surface area contributed by atoms with Crippen molar-refractivity contribution in [3.05, 3.63) is 72.8 Å². The Morgan fingerprint density at radius 1 is 0.338 bits per heavy atom. The second-order valence-corrected chi connectivity index (χ2v) is 32.9. The lowest BCUT2D eigenvalue weighted by Crippen LogP contribution is -2.13. The molecule has 8 bridgehead atoms. The summed E-state index contributed by atoms with van der Waals surface area (Å²) in [5, 5.41) is -0.0894. The second-order valence-electron chi connectivity index (χ2n) is 18.2. The molecule has 7 aromatic rings. The summed E-state index contributed by atoms with van der Waals surface area (Å²) >= 11 is 0. The minimum atomic E-state index is -4.62. The predicted molar refractivity (Wildman–Crippen MR) is 288 cm³/mol. The van der Waals surface area contributed by atoms with Crippen molar-refractivity contribution in [2.45, 2.75) is 45.3 Å². The van der Waals surface area contributed by atoms with Crippen LogP contribution in [0.4, 0.5) is 0 Å². The Labute approximate surface area is 455 Å². The van der Waals surface area contributed by atoms with Gasteiger partial charge in [0.1, 0.15) is 22.6 Å². The van der Waals surface area contributed by atoms with Gasteiger partial charge in [-0.05, 0) is 74.2 Å². The van der Waals surface area contributed by atoms with Gasteiger partial charge in [0.25, 0.3) is 40.5 Å². The average molecular weight is 1260 g/mol. The number of rotatable bonds is 20. The highest BCUT2D eigenvalue weighted by atomic mass is 32.2. The normalized spacial score (nSPS) is 13.7. The smallest absolute Gasteiger partial charge is 0.264 e. The zero-order valence-electron chi connectivity index (χ0n) is 40.7. The second kappa shape index (κ2) is 20.9. The molecule has 0 fully saturated rings. The highest BCUT2D eigenvalue weighted by Gasteiger charge is 2.31. The number of hydrogen-bond acceptors (Lipinski definition) is 22. The van der Waals surface area contributed by atoms with Gasteiger partial charge in [-0.15, -0.1) is 0 Å². The molecule has 426 valence electrons. The summed E-state index contributed by atoms with van der Waals surface area (Å²) < 4.78 is 241. The summed E-state index contributed by atoms with van der Waals surface area (Å²) in [6, 6.07) is 15.0. The van der Waals surface area contributed by atoms with Gasteiger partial charge in [0.2, 0.25) is 0 Å². The van der Waals surface area contributed by atoms with Crippen molar-refractivity contribution in [3.63, 3.8) is 0 Å². The van der Waals surface area contributed by atoms with Gasteiger partial charge in [-0.3, -0.25) is 18.2 Å². The minimum Gasteiger partial charge on any atom is -0.324 e. The third-order valence-corrected chi connectivity index (χ3v) is 22.9. The molecule has 0 saturated heterocycles. The van der Waals surface area contributed by atoms with Crippen molar-refractivity contribution in [1.82, 2.24) is 39.9 Å². The van der Waals surface area contributed by atoms with Crippen molar-refractivity contribution in [3.8, 4) is 45.6 Å². The quantitative estimate of drug-likeness (QED) is 0.0597. The molecule has 28 nitrogen and oxygen atoms in total. The third-order valence-electron chi connectivity index (χ3n) is 12.4. The number of aromatic amines is 2. The number of fused-ring (bicyclic) bond motifs is 20. The van der Waals surface area contributed by atoms with Gasteiger partial charge in [0.15, 0.2) is 62.6 Å². The molecule has 0 spiro atoms. The molecule has 5 heterocycles. The van der Waals surface area contributed by atoms with Gasteiger partial charge in [-0.25, -0.2) is 63.6 Å². The van der Waals surface area contributed by atoms with Gasteiger partial charge in [0, 0.05) is 43.8 Å². The first kappa shape index (κ1) is 58.3. The van der Waals surface area contributed by atoms with Gasteiger partial charge in [-0.1, -0.05) is 24.3 Å². The van der Waals surface area contributed by atoms with Crippen LogP contribution in [0, 0.1) is 0 Å². The number of sulfone groups is 4. The topological polar surface area (TPSA) is 463 Å². The van der Waals surface area contributed by atoms with Gasteiger partial charge < -0.3 is 9.97 Å². The number of nitrogens with one attached hydrogen (secondary N) is 2. The number of hydrogen-bond donors (Lipinski definition) is 6. The van der Waals surface area contributed by atoms with E-state index in [1.807, 2.05) is 0 Å². The largest absolute Gasteiger partial charge is 0.324 e. The van der Waals surface area contributed by atoms with E-state index in [1.165, 1.54) is 48.5 Å². The highest BCUT2D eigenvalue weighted by molar-refractivity contribution is 7.92. The fourth-order valence-electron chi connectivity index (χ4n) is 8.87. The molecule has 0 unspecified atom stereocenters. The van der Waals surface area contributed by atoms with Crippen LogP contribution in [0.3, 0.4) is 0 Å².